The highest BCUT2D eigenvalue weighted by Gasteiger charge is 2.42. The number of guanidine groups is 1. The Morgan fingerprint density at radius 3 is 2.48 bits per heavy atom. The molecule has 25 heavy (non-hydrogen) atoms. The Morgan fingerprint density at radius 2 is 1.84 bits per heavy atom. The molecule has 2 saturated heterocycles. The number of hydrogen-bond donors (Lipinski definition) is 1. The number of ether oxygens (including phenoxy) is 1. The molecule has 0 radical (unpaired) electrons. The van der Waals surface area contributed by atoms with Crippen molar-refractivity contribution in [3.8, 4) is 0 Å². The van der Waals surface area contributed by atoms with E-state index in [1.165, 1.54) is 58.0 Å². The summed E-state index contributed by atoms with van der Waals surface area (Å²) in [5.74, 6) is 4.00. The second-order valence-corrected chi connectivity index (χ2v) is 8.58. The van der Waals surface area contributed by atoms with Gasteiger partial charge in [-0.25, -0.2) is 0 Å². The molecule has 0 aromatic carbocycles. The van der Waals surface area contributed by atoms with E-state index in [9.17, 15) is 0 Å². The molecule has 142 valence electrons. The minimum atomic E-state index is 0.828. The number of nitrogens with zero attached hydrogens (tertiary/aromatic N) is 3. The molecule has 2 bridgehead atoms. The third kappa shape index (κ3) is 4.13. The van der Waals surface area contributed by atoms with Gasteiger partial charge in [0.05, 0.1) is 0 Å². The van der Waals surface area contributed by atoms with Gasteiger partial charge in [-0.3, -0.25) is 9.89 Å². The Bertz CT molecular complexity index is 455. The zero-order valence-electron chi connectivity index (χ0n) is 16.0. The van der Waals surface area contributed by atoms with Crippen molar-refractivity contribution in [2.24, 2.45) is 22.7 Å². The first-order chi connectivity index (χ1) is 12.3. The van der Waals surface area contributed by atoms with E-state index in [1.807, 2.05) is 7.05 Å². The Morgan fingerprint density at radius 1 is 1.04 bits per heavy atom. The van der Waals surface area contributed by atoms with E-state index >= 15 is 0 Å². The first kappa shape index (κ1) is 17.6. The molecule has 0 spiro atoms. The number of nitrogens with one attached hydrogen (secondary N) is 1. The fraction of sp³-hybridized carbons (Fsp3) is 0.950. The third-order valence-electron chi connectivity index (χ3n) is 7.17. The van der Waals surface area contributed by atoms with Crippen LogP contribution in [0.2, 0.25) is 0 Å². The van der Waals surface area contributed by atoms with Crippen LogP contribution in [0.15, 0.2) is 4.99 Å². The molecule has 2 heterocycles. The van der Waals surface area contributed by atoms with Gasteiger partial charge in [-0.1, -0.05) is 6.42 Å². The van der Waals surface area contributed by atoms with Gasteiger partial charge in [-0.05, 0) is 56.3 Å². The molecular formula is C20H36N4O. The van der Waals surface area contributed by atoms with Crippen molar-refractivity contribution < 1.29 is 4.74 Å². The van der Waals surface area contributed by atoms with Crippen LogP contribution in [-0.4, -0.2) is 74.8 Å². The van der Waals surface area contributed by atoms with Gasteiger partial charge in [-0.2, -0.15) is 0 Å². The van der Waals surface area contributed by atoms with E-state index in [0.717, 1.165) is 62.6 Å². The maximum Gasteiger partial charge on any atom is 0.193 e. The molecule has 3 unspecified atom stereocenters. The lowest BCUT2D eigenvalue weighted by molar-refractivity contribution is 0.0641. The predicted octanol–water partition coefficient (Wildman–Crippen LogP) is 2.18. The number of rotatable bonds is 4. The van der Waals surface area contributed by atoms with Gasteiger partial charge in [0.25, 0.3) is 0 Å². The van der Waals surface area contributed by atoms with Gasteiger partial charge in [0.15, 0.2) is 5.96 Å². The van der Waals surface area contributed by atoms with E-state index in [2.05, 4.69) is 20.1 Å². The van der Waals surface area contributed by atoms with Crippen LogP contribution in [0.1, 0.15) is 44.9 Å². The Kier molecular flexibility index (Phi) is 5.81. The molecule has 4 fully saturated rings. The molecule has 1 N–H and O–H groups in total. The van der Waals surface area contributed by atoms with Crippen LogP contribution in [-0.2, 0) is 4.74 Å². The number of piperazine rings is 1. The van der Waals surface area contributed by atoms with Crippen LogP contribution in [0.4, 0.5) is 0 Å². The van der Waals surface area contributed by atoms with E-state index in [-0.39, 0.29) is 0 Å². The lowest BCUT2D eigenvalue weighted by Crippen LogP contribution is -2.55. The summed E-state index contributed by atoms with van der Waals surface area (Å²) in [7, 11) is 1.93. The summed E-state index contributed by atoms with van der Waals surface area (Å²) >= 11 is 0. The number of aliphatic imine (C=N–C) groups is 1. The van der Waals surface area contributed by atoms with Gasteiger partial charge < -0.3 is 15.0 Å². The topological polar surface area (TPSA) is 40.1 Å². The highest BCUT2D eigenvalue weighted by atomic mass is 16.5. The van der Waals surface area contributed by atoms with Crippen molar-refractivity contribution in [1.82, 2.24) is 15.1 Å². The van der Waals surface area contributed by atoms with Crippen molar-refractivity contribution in [2.75, 3.05) is 53.0 Å². The van der Waals surface area contributed by atoms with Crippen molar-refractivity contribution in [3.63, 3.8) is 0 Å². The summed E-state index contributed by atoms with van der Waals surface area (Å²) in [5.41, 5.74) is 0. The van der Waals surface area contributed by atoms with Crippen LogP contribution in [0, 0.1) is 17.8 Å². The van der Waals surface area contributed by atoms with E-state index in [4.69, 9.17) is 4.74 Å². The Labute approximate surface area is 153 Å². The summed E-state index contributed by atoms with van der Waals surface area (Å²) in [4.78, 5) is 9.80. The summed E-state index contributed by atoms with van der Waals surface area (Å²) in [6, 6.07) is 0.893. The first-order valence-electron chi connectivity index (χ1n) is 10.6. The van der Waals surface area contributed by atoms with Crippen molar-refractivity contribution in [2.45, 2.75) is 51.0 Å². The summed E-state index contributed by atoms with van der Waals surface area (Å²) in [6.45, 7) is 7.64. The first-order valence-corrected chi connectivity index (χ1v) is 10.6. The van der Waals surface area contributed by atoms with Crippen LogP contribution >= 0.6 is 0 Å². The molecule has 2 saturated carbocycles. The van der Waals surface area contributed by atoms with E-state index in [0.29, 0.717) is 0 Å². The van der Waals surface area contributed by atoms with Crippen LogP contribution < -0.4 is 5.32 Å². The number of fused-ring (bicyclic) bond motifs is 2. The van der Waals surface area contributed by atoms with Crippen molar-refractivity contribution in [1.29, 1.82) is 0 Å². The third-order valence-corrected chi connectivity index (χ3v) is 7.17. The lowest BCUT2D eigenvalue weighted by Gasteiger charge is -2.42. The quantitative estimate of drug-likeness (QED) is 0.624. The Hall–Kier alpha value is -0.810. The maximum atomic E-state index is 5.46. The highest BCUT2D eigenvalue weighted by Crippen LogP contribution is 2.46. The molecule has 2 aliphatic carbocycles. The lowest BCUT2D eigenvalue weighted by atomic mass is 9.93. The van der Waals surface area contributed by atoms with Crippen molar-refractivity contribution >= 4 is 5.96 Å². The minimum Gasteiger partial charge on any atom is -0.381 e. The Balaban J connectivity index is 1.19. The zero-order chi connectivity index (χ0) is 17.1. The molecule has 4 rings (SSSR count). The maximum absolute atomic E-state index is 5.46. The normalized spacial score (nSPS) is 34.7. The van der Waals surface area contributed by atoms with Crippen LogP contribution in [0.5, 0.6) is 0 Å². The second-order valence-electron chi connectivity index (χ2n) is 8.58. The van der Waals surface area contributed by atoms with Gasteiger partial charge in [0.2, 0.25) is 0 Å². The summed E-state index contributed by atoms with van der Waals surface area (Å²) in [6.07, 6.45) is 9.68. The fourth-order valence-electron chi connectivity index (χ4n) is 5.68. The standard InChI is InChI=1S/C20H36N4O/c1-21-20(22-7-4-16-5-12-25-13-6-16)24-10-8-23(9-11-24)19-15-17-2-3-18(19)14-17/h16-19H,2-15H2,1H3,(H,21,22). The fourth-order valence-corrected chi connectivity index (χ4v) is 5.68. The predicted molar refractivity (Wildman–Crippen MR) is 102 cm³/mol. The van der Waals surface area contributed by atoms with Gasteiger partial charge in [-0.15, -0.1) is 0 Å². The average molecular weight is 349 g/mol. The monoisotopic (exact) mass is 348 g/mol. The summed E-state index contributed by atoms with van der Waals surface area (Å²) < 4.78 is 5.46. The largest absolute Gasteiger partial charge is 0.381 e. The molecule has 5 nitrogen and oxygen atoms in total. The van der Waals surface area contributed by atoms with Gasteiger partial charge in [0, 0.05) is 59.0 Å². The van der Waals surface area contributed by atoms with Gasteiger partial charge in [0.1, 0.15) is 0 Å². The second kappa shape index (κ2) is 8.26. The average Bonchev–Trinajstić information content (AvgIpc) is 3.30. The zero-order valence-corrected chi connectivity index (χ0v) is 16.0. The molecule has 5 heteroatoms. The van der Waals surface area contributed by atoms with E-state index in [1.54, 1.807) is 0 Å². The molecule has 0 aromatic heterocycles. The smallest absolute Gasteiger partial charge is 0.193 e. The van der Waals surface area contributed by atoms with Crippen molar-refractivity contribution in [3.05, 3.63) is 0 Å². The molecule has 2 aliphatic heterocycles. The molecule has 0 aromatic rings. The molecule has 4 aliphatic rings. The molecule has 3 atom stereocenters. The summed E-state index contributed by atoms with van der Waals surface area (Å²) in [5, 5.41) is 3.61. The molecular weight excluding hydrogens is 312 g/mol. The van der Waals surface area contributed by atoms with Crippen LogP contribution in [0.25, 0.3) is 0 Å². The van der Waals surface area contributed by atoms with Crippen LogP contribution in [0.3, 0.4) is 0 Å². The minimum absolute atomic E-state index is 0.828. The van der Waals surface area contributed by atoms with Gasteiger partial charge >= 0.3 is 0 Å². The molecule has 0 amide bonds. The highest BCUT2D eigenvalue weighted by molar-refractivity contribution is 5.79. The SMILES string of the molecule is CN=C(NCCC1CCOCC1)N1CCN(C2CC3CCC2C3)CC1. The van der Waals surface area contributed by atoms with E-state index < -0.39 is 0 Å². The number of hydrogen-bond acceptors (Lipinski definition) is 3.